The van der Waals surface area contributed by atoms with Crippen LogP contribution in [0.1, 0.15) is 37.9 Å². The summed E-state index contributed by atoms with van der Waals surface area (Å²) in [6.45, 7) is 7.48. The van der Waals surface area contributed by atoms with Crippen molar-refractivity contribution in [2.45, 2.75) is 43.4 Å². The van der Waals surface area contributed by atoms with Crippen LogP contribution in [0.4, 0.5) is 0 Å². The average Bonchev–Trinajstić information content (AvgIpc) is 2.64. The third-order valence-corrected chi connectivity index (χ3v) is 7.20. The fourth-order valence-corrected chi connectivity index (χ4v) is 3.93. The third kappa shape index (κ3) is 5.68. The highest BCUT2D eigenvalue weighted by Gasteiger charge is 2.23. The van der Waals surface area contributed by atoms with Crippen molar-refractivity contribution in [2.24, 2.45) is 0 Å². The molecule has 2 aromatic carbocycles. The topological polar surface area (TPSA) is 66.5 Å². The molecule has 2 atom stereocenters. The molecular formula is C21H26N2O3S2. The molecule has 0 radical (unpaired) electrons. The van der Waals surface area contributed by atoms with Crippen molar-refractivity contribution in [1.82, 2.24) is 9.03 Å². The van der Waals surface area contributed by atoms with Crippen LogP contribution in [0.2, 0.25) is 0 Å². The summed E-state index contributed by atoms with van der Waals surface area (Å²) in [4.78, 5) is 0.178. The minimum atomic E-state index is -3.73. The lowest BCUT2D eigenvalue weighted by Crippen LogP contribution is -2.35. The number of aryl methyl sites for hydroxylation is 1. The molecule has 0 bridgehead atoms. The largest absolute Gasteiger partial charge is 0.270 e. The maximum Gasteiger partial charge on any atom is 0.270 e. The zero-order valence-electron chi connectivity index (χ0n) is 16.8. The molecule has 1 N–H and O–H groups in total. The Hall–Kier alpha value is -2.14. The van der Waals surface area contributed by atoms with E-state index in [1.54, 1.807) is 24.3 Å². The molecule has 0 fully saturated rings. The van der Waals surface area contributed by atoms with Gasteiger partial charge in [-0.05, 0) is 45.4 Å². The minimum Gasteiger partial charge on any atom is -0.242 e. The van der Waals surface area contributed by atoms with Crippen LogP contribution in [0.3, 0.4) is 0 Å². The lowest BCUT2D eigenvalue weighted by Gasteiger charge is -2.22. The summed E-state index contributed by atoms with van der Waals surface area (Å²) in [5, 5.41) is 0. The number of hydrogen-bond donors (Lipinski definition) is 1. The zero-order chi connectivity index (χ0) is 20.9. The molecule has 0 amide bonds. The van der Waals surface area contributed by atoms with Crippen molar-refractivity contribution in [3.8, 4) is 12.0 Å². The summed E-state index contributed by atoms with van der Waals surface area (Å²) in [6, 6.07) is 18.0. The maximum absolute atomic E-state index is 12.7. The molecular weight excluding hydrogens is 392 g/mol. The summed E-state index contributed by atoms with van der Waals surface area (Å²) < 4.78 is 41.5. The molecule has 0 spiro atoms. The van der Waals surface area contributed by atoms with Gasteiger partial charge in [-0.3, -0.25) is 0 Å². The van der Waals surface area contributed by atoms with Gasteiger partial charge in [-0.2, -0.15) is 0 Å². The molecule has 150 valence electrons. The first-order chi connectivity index (χ1) is 13.0. The Kier molecular flexibility index (Phi) is 7.05. The fourth-order valence-electron chi connectivity index (χ4n) is 2.19. The molecule has 0 aliphatic heterocycles. The number of rotatable bonds is 5. The number of nitrogens with one attached hydrogen (secondary N) is 1. The predicted molar refractivity (Wildman–Crippen MR) is 114 cm³/mol. The third-order valence-electron chi connectivity index (χ3n) is 3.96. The lowest BCUT2D eigenvalue weighted by molar-refractivity contribution is 0.546. The second kappa shape index (κ2) is 8.91. The predicted octanol–water partition coefficient (Wildman–Crippen LogP) is 3.37. The Morgan fingerprint density at radius 3 is 2.14 bits per heavy atom. The molecule has 1 unspecified atom stereocenters. The quantitative estimate of drug-likeness (QED) is 0.598. The average molecular weight is 419 g/mol. The lowest BCUT2D eigenvalue weighted by atomic mass is 10.1. The van der Waals surface area contributed by atoms with Gasteiger partial charge in [0, 0.05) is 13.1 Å². The Bertz CT molecular complexity index is 984. The number of hydrogen-bond acceptors (Lipinski definition) is 3. The first kappa shape index (κ1) is 22.2. The Balaban J connectivity index is 2.33. The van der Waals surface area contributed by atoms with Gasteiger partial charge in [0.1, 0.15) is 6.04 Å². The Morgan fingerprint density at radius 1 is 1.04 bits per heavy atom. The van der Waals surface area contributed by atoms with E-state index in [9.17, 15) is 12.6 Å². The van der Waals surface area contributed by atoms with E-state index in [1.165, 1.54) is 7.05 Å². The Labute approximate surface area is 170 Å². The highest BCUT2D eigenvalue weighted by molar-refractivity contribution is 7.89. The standard InChI is InChI=1S/C21H26N2O3S2/c1-17-11-13-19(14-12-17)28(25,26)23(5)16-15-20(18-9-7-6-8-10-18)22-27(24)21(2,3)4/h6-14,20,22H,1-5H3/t20-,27?/m1/s1. The van der Waals surface area contributed by atoms with Gasteiger partial charge >= 0.3 is 0 Å². The van der Waals surface area contributed by atoms with Crippen LogP contribution in [-0.4, -0.2) is 28.7 Å². The summed E-state index contributed by atoms with van der Waals surface area (Å²) >= 11 is 0. The van der Waals surface area contributed by atoms with Gasteiger partial charge in [0.05, 0.1) is 20.6 Å². The smallest absolute Gasteiger partial charge is 0.242 e. The Morgan fingerprint density at radius 2 is 1.61 bits per heavy atom. The molecule has 0 saturated heterocycles. The first-order valence-electron chi connectivity index (χ1n) is 8.81. The van der Waals surface area contributed by atoms with Gasteiger partial charge < -0.3 is 0 Å². The molecule has 0 aliphatic rings. The van der Waals surface area contributed by atoms with E-state index >= 15 is 0 Å². The van der Waals surface area contributed by atoms with Crippen LogP contribution >= 0.6 is 0 Å². The van der Waals surface area contributed by atoms with Crippen LogP contribution in [0.5, 0.6) is 0 Å². The summed E-state index contributed by atoms with van der Waals surface area (Å²) in [5.41, 5.74) is 1.79. The van der Waals surface area contributed by atoms with Crippen LogP contribution in [-0.2, 0) is 21.0 Å². The molecule has 5 nitrogen and oxygen atoms in total. The van der Waals surface area contributed by atoms with E-state index in [-0.39, 0.29) is 4.90 Å². The molecule has 7 heteroatoms. The number of nitrogens with zero attached hydrogens (tertiary/aromatic N) is 1. The molecule has 0 saturated carbocycles. The SMILES string of the molecule is Cc1ccc(S(=O)(=O)N(C)C#C[C@@H](NS(=O)C(C)(C)C)c2ccccc2)cc1. The molecule has 28 heavy (non-hydrogen) atoms. The van der Waals surface area contributed by atoms with Gasteiger partial charge in [-0.15, -0.1) is 0 Å². The van der Waals surface area contributed by atoms with Crippen molar-refractivity contribution >= 4 is 21.0 Å². The first-order valence-corrected chi connectivity index (χ1v) is 11.4. The normalized spacial score (nSPS) is 13.9. The second-order valence-corrected chi connectivity index (χ2v) is 11.4. The molecule has 0 aromatic heterocycles. The van der Waals surface area contributed by atoms with E-state index in [0.29, 0.717) is 0 Å². The van der Waals surface area contributed by atoms with E-state index in [4.69, 9.17) is 0 Å². The van der Waals surface area contributed by atoms with Crippen molar-refractivity contribution in [1.29, 1.82) is 0 Å². The van der Waals surface area contributed by atoms with E-state index in [0.717, 1.165) is 15.4 Å². The van der Waals surface area contributed by atoms with Crippen LogP contribution in [0, 0.1) is 18.9 Å². The van der Waals surface area contributed by atoms with Gasteiger partial charge in [0.25, 0.3) is 10.0 Å². The monoisotopic (exact) mass is 418 g/mol. The number of benzene rings is 2. The fraction of sp³-hybridized carbons (Fsp3) is 0.333. The summed E-state index contributed by atoms with van der Waals surface area (Å²) in [6.07, 6.45) is 0. The van der Waals surface area contributed by atoms with Crippen molar-refractivity contribution < 1.29 is 12.6 Å². The molecule has 2 rings (SSSR count). The molecule has 2 aromatic rings. The summed E-state index contributed by atoms with van der Waals surface area (Å²) in [5.74, 6) is 2.92. The van der Waals surface area contributed by atoms with Gasteiger partial charge in [0.15, 0.2) is 0 Å². The highest BCUT2D eigenvalue weighted by atomic mass is 32.2. The maximum atomic E-state index is 12.7. The van der Waals surface area contributed by atoms with E-state index in [2.05, 4.69) is 16.7 Å². The molecule has 0 aliphatic carbocycles. The van der Waals surface area contributed by atoms with Crippen molar-refractivity contribution in [3.63, 3.8) is 0 Å². The zero-order valence-corrected chi connectivity index (χ0v) is 18.4. The van der Waals surface area contributed by atoms with Crippen molar-refractivity contribution in [3.05, 3.63) is 65.7 Å². The van der Waals surface area contributed by atoms with E-state index < -0.39 is 31.8 Å². The van der Waals surface area contributed by atoms with Crippen LogP contribution in [0.15, 0.2) is 59.5 Å². The van der Waals surface area contributed by atoms with Crippen molar-refractivity contribution in [2.75, 3.05) is 7.05 Å². The van der Waals surface area contributed by atoms with Gasteiger partial charge in [-0.1, -0.05) is 53.9 Å². The molecule has 0 heterocycles. The van der Waals surface area contributed by atoms with E-state index in [1.807, 2.05) is 58.0 Å². The van der Waals surface area contributed by atoms with Gasteiger partial charge in [-0.25, -0.2) is 21.7 Å². The van der Waals surface area contributed by atoms with Crippen LogP contribution in [0.25, 0.3) is 0 Å². The second-order valence-electron chi connectivity index (χ2n) is 7.38. The highest BCUT2D eigenvalue weighted by Crippen LogP contribution is 2.18. The van der Waals surface area contributed by atoms with Gasteiger partial charge in [0.2, 0.25) is 0 Å². The van der Waals surface area contributed by atoms with Crippen LogP contribution < -0.4 is 4.72 Å². The number of sulfonamides is 1. The minimum absolute atomic E-state index is 0.178. The summed E-state index contributed by atoms with van der Waals surface area (Å²) in [7, 11) is -3.69.